The number of benzene rings is 1. The Balaban J connectivity index is 2.04. The standard InChI is InChI=1S/C18H28N2O3/c1-14-10-19(17(22)23-18(2,3)4)12-16(13-21)20(14)11-15-8-6-5-7-9-15/h5-9,14,16,21H,10-13H2,1-4H3/t14-,16?/m0/s1. The highest BCUT2D eigenvalue weighted by molar-refractivity contribution is 5.68. The van der Waals surface area contributed by atoms with Gasteiger partial charge in [0.05, 0.1) is 12.6 Å². The summed E-state index contributed by atoms with van der Waals surface area (Å²) in [5, 5.41) is 9.77. The zero-order valence-corrected chi connectivity index (χ0v) is 14.5. The largest absolute Gasteiger partial charge is 0.444 e. The second-order valence-electron chi connectivity index (χ2n) is 7.23. The van der Waals surface area contributed by atoms with Gasteiger partial charge in [0.2, 0.25) is 0 Å². The molecule has 2 atom stereocenters. The summed E-state index contributed by atoms with van der Waals surface area (Å²) >= 11 is 0. The molecule has 1 fully saturated rings. The molecule has 0 saturated carbocycles. The number of carbonyl (C=O) groups is 1. The first kappa shape index (κ1) is 17.8. The molecule has 5 heteroatoms. The fraction of sp³-hybridized carbons (Fsp3) is 0.611. The molecule has 1 aromatic rings. The van der Waals surface area contributed by atoms with Crippen LogP contribution in [0.15, 0.2) is 30.3 Å². The zero-order valence-electron chi connectivity index (χ0n) is 14.5. The molecule has 0 spiro atoms. The van der Waals surface area contributed by atoms with Crippen molar-refractivity contribution in [3.63, 3.8) is 0 Å². The van der Waals surface area contributed by atoms with Crippen molar-refractivity contribution < 1.29 is 14.6 Å². The summed E-state index contributed by atoms with van der Waals surface area (Å²) in [7, 11) is 0. The lowest BCUT2D eigenvalue weighted by Crippen LogP contribution is -2.60. The third kappa shape index (κ3) is 4.94. The Kier molecular flexibility index (Phi) is 5.65. The molecule has 0 aliphatic carbocycles. The number of nitrogens with zero attached hydrogens (tertiary/aromatic N) is 2. The first-order valence-corrected chi connectivity index (χ1v) is 8.18. The van der Waals surface area contributed by atoms with Crippen molar-refractivity contribution >= 4 is 6.09 Å². The molecule has 1 amide bonds. The molecule has 1 aliphatic rings. The van der Waals surface area contributed by atoms with E-state index in [-0.39, 0.29) is 24.8 Å². The van der Waals surface area contributed by atoms with Crippen LogP contribution in [-0.2, 0) is 11.3 Å². The summed E-state index contributed by atoms with van der Waals surface area (Å²) in [6.07, 6.45) is -0.304. The average molecular weight is 320 g/mol. The number of rotatable bonds is 3. The SMILES string of the molecule is C[C@H]1CN(C(=O)OC(C)(C)C)CC(CO)N1Cc1ccccc1. The summed E-state index contributed by atoms with van der Waals surface area (Å²) in [6, 6.07) is 10.3. The Hall–Kier alpha value is -1.59. The van der Waals surface area contributed by atoms with Gasteiger partial charge < -0.3 is 14.7 Å². The van der Waals surface area contributed by atoms with E-state index in [4.69, 9.17) is 4.74 Å². The Morgan fingerprint density at radius 3 is 2.48 bits per heavy atom. The molecule has 1 heterocycles. The number of aliphatic hydroxyl groups is 1. The van der Waals surface area contributed by atoms with Gasteiger partial charge in [-0.1, -0.05) is 30.3 Å². The number of hydrogen-bond donors (Lipinski definition) is 1. The maximum Gasteiger partial charge on any atom is 0.410 e. The van der Waals surface area contributed by atoms with E-state index < -0.39 is 5.60 Å². The molecular weight excluding hydrogens is 292 g/mol. The fourth-order valence-corrected chi connectivity index (χ4v) is 2.93. The molecule has 1 N–H and O–H groups in total. The zero-order chi connectivity index (χ0) is 17.0. The van der Waals surface area contributed by atoms with Crippen molar-refractivity contribution in [3.8, 4) is 0 Å². The second-order valence-corrected chi connectivity index (χ2v) is 7.23. The van der Waals surface area contributed by atoms with E-state index in [2.05, 4.69) is 24.0 Å². The van der Waals surface area contributed by atoms with E-state index in [1.165, 1.54) is 5.56 Å². The third-order valence-electron chi connectivity index (χ3n) is 4.02. The Morgan fingerprint density at radius 2 is 1.91 bits per heavy atom. The highest BCUT2D eigenvalue weighted by atomic mass is 16.6. The minimum Gasteiger partial charge on any atom is -0.444 e. The minimum atomic E-state index is -0.504. The first-order valence-electron chi connectivity index (χ1n) is 8.18. The van der Waals surface area contributed by atoms with Crippen molar-refractivity contribution in [2.45, 2.75) is 51.9 Å². The van der Waals surface area contributed by atoms with Crippen molar-refractivity contribution in [1.29, 1.82) is 0 Å². The molecule has 0 radical (unpaired) electrons. The van der Waals surface area contributed by atoms with Gasteiger partial charge in [0.1, 0.15) is 5.60 Å². The molecule has 0 aromatic heterocycles. The molecule has 1 saturated heterocycles. The quantitative estimate of drug-likeness (QED) is 0.930. The van der Waals surface area contributed by atoms with E-state index in [0.29, 0.717) is 13.1 Å². The Labute approximate surface area is 138 Å². The van der Waals surface area contributed by atoms with E-state index in [0.717, 1.165) is 6.54 Å². The first-order chi connectivity index (χ1) is 10.8. The second kappa shape index (κ2) is 7.32. The Bertz CT molecular complexity index is 513. The normalized spacial score (nSPS) is 22.9. The van der Waals surface area contributed by atoms with Crippen LogP contribution in [0.2, 0.25) is 0 Å². The van der Waals surface area contributed by atoms with Gasteiger partial charge >= 0.3 is 6.09 Å². The van der Waals surface area contributed by atoms with Crippen LogP contribution in [0, 0.1) is 0 Å². The topological polar surface area (TPSA) is 53.0 Å². The number of ether oxygens (including phenoxy) is 1. The summed E-state index contributed by atoms with van der Waals surface area (Å²) in [4.78, 5) is 16.3. The van der Waals surface area contributed by atoms with E-state index in [9.17, 15) is 9.90 Å². The van der Waals surface area contributed by atoms with E-state index in [1.54, 1.807) is 4.90 Å². The minimum absolute atomic E-state index is 0.0243. The van der Waals surface area contributed by atoms with Crippen LogP contribution >= 0.6 is 0 Å². The predicted octanol–water partition coefficient (Wildman–Crippen LogP) is 2.49. The van der Waals surface area contributed by atoms with Gasteiger partial charge in [0.25, 0.3) is 0 Å². The van der Waals surface area contributed by atoms with Gasteiger partial charge in [-0.25, -0.2) is 4.79 Å². The highest BCUT2D eigenvalue weighted by Crippen LogP contribution is 2.21. The lowest BCUT2D eigenvalue weighted by atomic mass is 10.1. The molecule has 1 aromatic carbocycles. The van der Waals surface area contributed by atoms with Crippen LogP contribution in [-0.4, -0.2) is 58.4 Å². The summed E-state index contributed by atoms with van der Waals surface area (Å²) < 4.78 is 5.46. The maximum absolute atomic E-state index is 12.3. The average Bonchev–Trinajstić information content (AvgIpc) is 2.48. The molecule has 0 bridgehead atoms. The Morgan fingerprint density at radius 1 is 1.26 bits per heavy atom. The summed E-state index contributed by atoms with van der Waals surface area (Å²) in [6.45, 7) is 9.57. The monoisotopic (exact) mass is 320 g/mol. The van der Waals surface area contributed by atoms with Crippen molar-refractivity contribution in [1.82, 2.24) is 9.80 Å². The lowest BCUT2D eigenvalue weighted by Gasteiger charge is -2.45. The van der Waals surface area contributed by atoms with Gasteiger partial charge in [-0.2, -0.15) is 0 Å². The van der Waals surface area contributed by atoms with Crippen LogP contribution in [0.3, 0.4) is 0 Å². The van der Waals surface area contributed by atoms with Gasteiger partial charge in [-0.05, 0) is 33.3 Å². The molecule has 1 unspecified atom stereocenters. The maximum atomic E-state index is 12.3. The molecular formula is C18H28N2O3. The number of aliphatic hydroxyl groups excluding tert-OH is 1. The van der Waals surface area contributed by atoms with Gasteiger partial charge in [-0.15, -0.1) is 0 Å². The van der Waals surface area contributed by atoms with Crippen molar-refractivity contribution in [2.24, 2.45) is 0 Å². The number of amides is 1. The van der Waals surface area contributed by atoms with Crippen LogP contribution in [0.1, 0.15) is 33.3 Å². The van der Waals surface area contributed by atoms with Crippen molar-refractivity contribution in [2.75, 3.05) is 19.7 Å². The highest BCUT2D eigenvalue weighted by Gasteiger charge is 2.35. The van der Waals surface area contributed by atoms with Crippen LogP contribution in [0.5, 0.6) is 0 Å². The van der Waals surface area contributed by atoms with Crippen LogP contribution in [0.4, 0.5) is 4.79 Å². The lowest BCUT2D eigenvalue weighted by molar-refractivity contribution is -0.0242. The van der Waals surface area contributed by atoms with Crippen LogP contribution in [0.25, 0.3) is 0 Å². The molecule has 1 aliphatic heterocycles. The fourth-order valence-electron chi connectivity index (χ4n) is 2.93. The third-order valence-corrected chi connectivity index (χ3v) is 4.02. The number of hydrogen-bond acceptors (Lipinski definition) is 4. The predicted molar refractivity (Wildman–Crippen MR) is 90.1 cm³/mol. The van der Waals surface area contributed by atoms with E-state index in [1.807, 2.05) is 39.0 Å². The smallest absolute Gasteiger partial charge is 0.410 e. The summed E-state index contributed by atoms with van der Waals surface area (Å²) in [5.41, 5.74) is 0.708. The summed E-state index contributed by atoms with van der Waals surface area (Å²) in [5.74, 6) is 0. The molecule has 2 rings (SSSR count). The van der Waals surface area contributed by atoms with E-state index >= 15 is 0 Å². The van der Waals surface area contributed by atoms with Gasteiger partial charge in [-0.3, -0.25) is 4.90 Å². The number of carbonyl (C=O) groups excluding carboxylic acids is 1. The molecule has 5 nitrogen and oxygen atoms in total. The van der Waals surface area contributed by atoms with Crippen LogP contribution < -0.4 is 0 Å². The van der Waals surface area contributed by atoms with Gasteiger partial charge in [0.15, 0.2) is 0 Å². The molecule has 23 heavy (non-hydrogen) atoms. The van der Waals surface area contributed by atoms with Gasteiger partial charge in [0, 0.05) is 25.7 Å². The molecule has 128 valence electrons. The number of piperazine rings is 1. The van der Waals surface area contributed by atoms with Crippen molar-refractivity contribution in [3.05, 3.63) is 35.9 Å².